The lowest BCUT2D eigenvalue weighted by Gasteiger charge is -2.05. The van der Waals surface area contributed by atoms with Gasteiger partial charge in [0.15, 0.2) is 5.78 Å². The number of carbonyl (C=O) groups is 1. The van der Waals surface area contributed by atoms with Crippen LogP contribution in [0.25, 0.3) is 0 Å². The minimum atomic E-state index is -0.438. The van der Waals surface area contributed by atoms with Crippen molar-refractivity contribution >= 4 is 5.78 Å². The van der Waals surface area contributed by atoms with Crippen LogP contribution in [0.3, 0.4) is 0 Å². The van der Waals surface area contributed by atoms with Gasteiger partial charge in [-0.2, -0.15) is 0 Å². The Morgan fingerprint density at radius 2 is 2.54 bits per heavy atom. The van der Waals surface area contributed by atoms with Gasteiger partial charge in [0.25, 0.3) is 0 Å². The second-order valence-electron chi connectivity index (χ2n) is 2.91. The highest BCUT2D eigenvalue weighted by Crippen LogP contribution is 2.03. The summed E-state index contributed by atoms with van der Waals surface area (Å²) in [6.07, 6.45) is 5.61. The highest BCUT2D eigenvalue weighted by molar-refractivity contribution is 5.85. The zero-order chi connectivity index (χ0) is 9.68. The molecule has 1 unspecified atom stereocenters. The third-order valence-electron chi connectivity index (χ3n) is 1.79. The van der Waals surface area contributed by atoms with Gasteiger partial charge in [0.1, 0.15) is 0 Å². The molecule has 0 aliphatic carbocycles. The Kier molecular flexibility index (Phi) is 3.46. The van der Waals surface area contributed by atoms with E-state index in [0.717, 1.165) is 5.56 Å². The van der Waals surface area contributed by atoms with Gasteiger partial charge in [0, 0.05) is 6.42 Å². The second kappa shape index (κ2) is 4.62. The van der Waals surface area contributed by atoms with Crippen molar-refractivity contribution in [1.29, 1.82) is 0 Å². The van der Waals surface area contributed by atoms with Crippen LogP contribution < -0.4 is 5.73 Å². The predicted molar refractivity (Wildman–Crippen MR) is 50.2 cm³/mol. The summed E-state index contributed by atoms with van der Waals surface area (Å²) in [5.41, 5.74) is 6.46. The van der Waals surface area contributed by atoms with E-state index in [-0.39, 0.29) is 5.78 Å². The van der Waals surface area contributed by atoms with Crippen molar-refractivity contribution in [3.63, 3.8) is 0 Å². The Morgan fingerprint density at radius 3 is 3.08 bits per heavy atom. The summed E-state index contributed by atoms with van der Waals surface area (Å²) in [5, 5.41) is 0. The topological polar surface area (TPSA) is 56.2 Å². The maximum absolute atomic E-state index is 11.4. The molecule has 0 radical (unpaired) electrons. The minimum absolute atomic E-state index is 0.0151. The first-order chi connectivity index (χ1) is 6.24. The maximum Gasteiger partial charge on any atom is 0.154 e. The number of nitrogens with two attached hydrogens (primary N) is 1. The fourth-order valence-electron chi connectivity index (χ4n) is 1.04. The molecular weight excluding hydrogens is 166 g/mol. The molecule has 1 aromatic heterocycles. The number of hydrogen-bond donors (Lipinski definition) is 1. The molecule has 3 heteroatoms. The number of hydrogen-bond acceptors (Lipinski definition) is 3. The van der Waals surface area contributed by atoms with Gasteiger partial charge in [-0.15, -0.1) is 6.58 Å². The van der Waals surface area contributed by atoms with Gasteiger partial charge >= 0.3 is 0 Å². The molecule has 0 bridgehead atoms. The van der Waals surface area contributed by atoms with E-state index in [4.69, 9.17) is 10.2 Å². The third-order valence-corrected chi connectivity index (χ3v) is 1.79. The number of Topliss-reactive ketones (excluding diaryl/α,β-unsaturated/α-hetero) is 1. The highest BCUT2D eigenvalue weighted by atomic mass is 16.3. The first-order valence-electron chi connectivity index (χ1n) is 4.14. The third kappa shape index (κ3) is 2.87. The van der Waals surface area contributed by atoms with Crippen molar-refractivity contribution < 1.29 is 9.21 Å². The van der Waals surface area contributed by atoms with Crippen molar-refractivity contribution in [2.24, 2.45) is 5.73 Å². The summed E-state index contributed by atoms with van der Waals surface area (Å²) in [5.74, 6) is 0.0151. The summed E-state index contributed by atoms with van der Waals surface area (Å²) in [6, 6.07) is 1.32. The van der Waals surface area contributed by atoms with Crippen LogP contribution in [0, 0.1) is 0 Å². The van der Waals surface area contributed by atoms with Crippen molar-refractivity contribution in [3.05, 3.63) is 36.8 Å². The maximum atomic E-state index is 11.4. The predicted octanol–water partition coefficient (Wildman–Crippen LogP) is 1.29. The Labute approximate surface area is 77.2 Å². The molecule has 0 spiro atoms. The molecule has 3 nitrogen and oxygen atoms in total. The number of carbonyl (C=O) groups excluding carboxylic acids is 1. The first kappa shape index (κ1) is 9.74. The van der Waals surface area contributed by atoms with Crippen LogP contribution in [-0.4, -0.2) is 11.8 Å². The fraction of sp³-hybridized carbons (Fsp3) is 0.300. The van der Waals surface area contributed by atoms with E-state index in [1.807, 2.05) is 0 Å². The molecule has 1 rings (SSSR count). The summed E-state index contributed by atoms with van der Waals surface area (Å²) in [7, 11) is 0. The van der Waals surface area contributed by atoms with E-state index in [9.17, 15) is 4.79 Å². The average Bonchev–Trinajstić information content (AvgIpc) is 2.57. The van der Waals surface area contributed by atoms with Crippen molar-refractivity contribution in [2.75, 3.05) is 0 Å². The van der Waals surface area contributed by atoms with Crippen LogP contribution in [0.1, 0.15) is 12.0 Å². The van der Waals surface area contributed by atoms with Crippen LogP contribution in [0.2, 0.25) is 0 Å². The monoisotopic (exact) mass is 179 g/mol. The first-order valence-corrected chi connectivity index (χ1v) is 4.14. The van der Waals surface area contributed by atoms with Crippen LogP contribution in [-0.2, 0) is 11.2 Å². The van der Waals surface area contributed by atoms with Gasteiger partial charge in [-0.25, -0.2) is 0 Å². The summed E-state index contributed by atoms with van der Waals surface area (Å²) < 4.78 is 4.84. The molecule has 1 heterocycles. The Morgan fingerprint density at radius 1 is 1.77 bits per heavy atom. The van der Waals surface area contributed by atoms with E-state index in [1.54, 1.807) is 24.7 Å². The van der Waals surface area contributed by atoms with Crippen molar-refractivity contribution in [2.45, 2.75) is 18.9 Å². The molecular formula is C10H13NO2. The summed E-state index contributed by atoms with van der Waals surface area (Å²) >= 11 is 0. The van der Waals surface area contributed by atoms with Gasteiger partial charge in [0.2, 0.25) is 0 Å². The second-order valence-corrected chi connectivity index (χ2v) is 2.91. The normalized spacial score (nSPS) is 12.4. The van der Waals surface area contributed by atoms with Gasteiger partial charge in [-0.05, 0) is 18.1 Å². The summed E-state index contributed by atoms with van der Waals surface area (Å²) in [4.78, 5) is 11.4. The number of furan rings is 1. The largest absolute Gasteiger partial charge is 0.472 e. The standard InChI is InChI=1S/C10H13NO2/c1-2-3-9(11)10(12)6-8-4-5-13-7-8/h2,4-5,7,9H,1,3,6,11H2. The lowest BCUT2D eigenvalue weighted by atomic mass is 10.0. The van der Waals surface area contributed by atoms with Crippen LogP contribution in [0.4, 0.5) is 0 Å². The van der Waals surface area contributed by atoms with E-state index < -0.39 is 6.04 Å². The Hall–Kier alpha value is -1.35. The Bertz CT molecular complexity index is 277. The molecule has 0 aliphatic heterocycles. The lowest BCUT2D eigenvalue weighted by Crippen LogP contribution is -2.30. The lowest BCUT2D eigenvalue weighted by molar-refractivity contribution is -0.119. The molecule has 0 fully saturated rings. The molecule has 0 aromatic carbocycles. The molecule has 70 valence electrons. The molecule has 0 aliphatic rings. The molecule has 1 atom stereocenters. The van der Waals surface area contributed by atoms with E-state index >= 15 is 0 Å². The molecule has 2 N–H and O–H groups in total. The Balaban J connectivity index is 2.45. The quantitative estimate of drug-likeness (QED) is 0.693. The molecule has 13 heavy (non-hydrogen) atoms. The molecule has 1 aromatic rings. The zero-order valence-corrected chi connectivity index (χ0v) is 7.40. The SMILES string of the molecule is C=CCC(N)C(=O)Cc1ccoc1. The van der Waals surface area contributed by atoms with E-state index in [1.165, 1.54) is 0 Å². The number of ketones is 1. The smallest absolute Gasteiger partial charge is 0.154 e. The van der Waals surface area contributed by atoms with Crippen molar-refractivity contribution in [1.82, 2.24) is 0 Å². The van der Waals surface area contributed by atoms with Gasteiger partial charge < -0.3 is 10.2 Å². The number of rotatable bonds is 5. The van der Waals surface area contributed by atoms with Crippen LogP contribution in [0.5, 0.6) is 0 Å². The average molecular weight is 179 g/mol. The highest BCUT2D eigenvalue weighted by Gasteiger charge is 2.12. The van der Waals surface area contributed by atoms with E-state index in [0.29, 0.717) is 12.8 Å². The molecule has 0 saturated carbocycles. The zero-order valence-electron chi connectivity index (χ0n) is 7.40. The van der Waals surface area contributed by atoms with E-state index in [2.05, 4.69) is 6.58 Å². The molecule has 0 saturated heterocycles. The van der Waals surface area contributed by atoms with Gasteiger partial charge in [-0.3, -0.25) is 4.79 Å². The minimum Gasteiger partial charge on any atom is -0.472 e. The van der Waals surface area contributed by atoms with Crippen LogP contribution in [0.15, 0.2) is 35.7 Å². The van der Waals surface area contributed by atoms with Gasteiger partial charge in [-0.1, -0.05) is 6.08 Å². The summed E-state index contributed by atoms with van der Waals surface area (Å²) in [6.45, 7) is 3.53. The molecule has 0 amide bonds. The fourth-order valence-corrected chi connectivity index (χ4v) is 1.04. The van der Waals surface area contributed by atoms with Gasteiger partial charge in [0.05, 0.1) is 18.6 Å². The van der Waals surface area contributed by atoms with Crippen molar-refractivity contribution in [3.8, 4) is 0 Å². The van der Waals surface area contributed by atoms with Crippen LogP contribution >= 0.6 is 0 Å².